The molecule has 4 aromatic rings. The lowest BCUT2D eigenvalue weighted by atomic mass is 10.2. The van der Waals surface area contributed by atoms with Crippen LogP contribution >= 0.6 is 11.3 Å². The molecule has 5 nitrogen and oxygen atoms in total. The number of benzene rings is 2. The average Bonchev–Trinajstić information content (AvgIpc) is 3.27. The fraction of sp³-hybridized carbons (Fsp3) is 0.182. The van der Waals surface area contributed by atoms with E-state index in [2.05, 4.69) is 0 Å². The Hall–Kier alpha value is -3.12. The van der Waals surface area contributed by atoms with E-state index in [4.69, 9.17) is 14.1 Å². The van der Waals surface area contributed by atoms with Crippen molar-refractivity contribution in [2.75, 3.05) is 12.0 Å². The first kappa shape index (κ1) is 18.3. The van der Waals surface area contributed by atoms with Crippen LogP contribution in [0, 0.1) is 13.8 Å². The van der Waals surface area contributed by atoms with Gasteiger partial charge in [-0.1, -0.05) is 41.7 Å². The largest absolute Gasteiger partial charge is 0.497 e. The van der Waals surface area contributed by atoms with Crippen LogP contribution in [0.4, 0.5) is 5.13 Å². The van der Waals surface area contributed by atoms with Gasteiger partial charge in [-0.3, -0.25) is 9.69 Å². The van der Waals surface area contributed by atoms with Gasteiger partial charge >= 0.3 is 0 Å². The number of anilines is 1. The summed E-state index contributed by atoms with van der Waals surface area (Å²) in [6, 6.07) is 17.4. The van der Waals surface area contributed by atoms with Crippen molar-refractivity contribution in [1.29, 1.82) is 0 Å². The van der Waals surface area contributed by atoms with E-state index in [0.29, 0.717) is 23.0 Å². The zero-order valence-corrected chi connectivity index (χ0v) is 16.7. The van der Waals surface area contributed by atoms with E-state index in [1.165, 1.54) is 11.3 Å². The Kier molecular flexibility index (Phi) is 4.88. The van der Waals surface area contributed by atoms with Gasteiger partial charge in [0, 0.05) is 0 Å². The van der Waals surface area contributed by atoms with Crippen LogP contribution in [-0.2, 0) is 6.54 Å². The van der Waals surface area contributed by atoms with E-state index in [0.717, 1.165) is 27.3 Å². The number of nitrogens with zero attached hydrogens (tertiary/aromatic N) is 2. The molecule has 28 heavy (non-hydrogen) atoms. The molecule has 6 heteroatoms. The molecule has 0 saturated carbocycles. The molecule has 0 N–H and O–H groups in total. The van der Waals surface area contributed by atoms with Gasteiger partial charge < -0.3 is 9.15 Å². The highest BCUT2D eigenvalue weighted by Crippen LogP contribution is 2.33. The molecule has 1 amide bonds. The van der Waals surface area contributed by atoms with Crippen molar-refractivity contribution >= 4 is 32.6 Å². The summed E-state index contributed by atoms with van der Waals surface area (Å²) in [4.78, 5) is 19.8. The van der Waals surface area contributed by atoms with E-state index >= 15 is 0 Å². The molecule has 2 heterocycles. The summed E-state index contributed by atoms with van der Waals surface area (Å²) in [6.45, 7) is 4.08. The van der Waals surface area contributed by atoms with Crippen molar-refractivity contribution in [1.82, 2.24) is 4.98 Å². The van der Waals surface area contributed by atoms with Crippen LogP contribution < -0.4 is 9.64 Å². The maximum Gasteiger partial charge on any atom is 0.263 e. The molecule has 0 radical (unpaired) electrons. The van der Waals surface area contributed by atoms with Crippen molar-refractivity contribution in [3.05, 3.63) is 77.2 Å². The van der Waals surface area contributed by atoms with Crippen LogP contribution in [0.3, 0.4) is 0 Å². The minimum atomic E-state index is -0.121. The van der Waals surface area contributed by atoms with Gasteiger partial charge in [-0.2, -0.15) is 0 Å². The smallest absolute Gasteiger partial charge is 0.263 e. The van der Waals surface area contributed by atoms with Gasteiger partial charge in [-0.25, -0.2) is 4.98 Å². The first-order valence-corrected chi connectivity index (χ1v) is 9.74. The number of hydrogen-bond acceptors (Lipinski definition) is 5. The highest BCUT2D eigenvalue weighted by Gasteiger charge is 2.25. The molecule has 0 spiro atoms. The second-order valence-corrected chi connectivity index (χ2v) is 7.54. The maximum atomic E-state index is 13.4. The lowest BCUT2D eigenvalue weighted by Gasteiger charge is -2.19. The fourth-order valence-corrected chi connectivity index (χ4v) is 4.11. The first-order valence-electron chi connectivity index (χ1n) is 8.92. The molecule has 4 rings (SSSR count). The van der Waals surface area contributed by atoms with Crippen LogP contribution in [0.15, 0.2) is 59.0 Å². The Morgan fingerprint density at radius 2 is 1.93 bits per heavy atom. The first-order chi connectivity index (χ1) is 13.5. The molecular formula is C22H20N2O3S. The standard InChI is InChI=1S/C22H20N2O3S/c1-14-11-18(15(2)27-14)21(25)24(13-16-7-5-4-6-8-16)22-23-19-10-9-17(26-3)12-20(19)28-22/h4-12H,13H2,1-3H3. The van der Waals surface area contributed by atoms with Gasteiger partial charge in [0.1, 0.15) is 17.3 Å². The van der Waals surface area contributed by atoms with E-state index in [1.54, 1.807) is 18.1 Å². The van der Waals surface area contributed by atoms with Crippen molar-refractivity contribution in [2.45, 2.75) is 20.4 Å². The summed E-state index contributed by atoms with van der Waals surface area (Å²) in [7, 11) is 1.64. The third-order valence-electron chi connectivity index (χ3n) is 4.52. The average molecular weight is 392 g/mol. The van der Waals surface area contributed by atoms with Gasteiger partial charge in [0.05, 0.1) is 29.4 Å². The lowest BCUT2D eigenvalue weighted by molar-refractivity contribution is 0.0983. The molecule has 0 aliphatic carbocycles. The summed E-state index contributed by atoms with van der Waals surface area (Å²) in [5.74, 6) is 1.98. The fourth-order valence-electron chi connectivity index (χ4n) is 3.12. The molecule has 2 aromatic carbocycles. The number of aromatic nitrogens is 1. The van der Waals surface area contributed by atoms with Crippen molar-refractivity contribution in [3.63, 3.8) is 0 Å². The Labute approximate surface area is 167 Å². The number of aryl methyl sites for hydroxylation is 2. The molecule has 0 aliphatic rings. The Morgan fingerprint density at radius 3 is 2.61 bits per heavy atom. The van der Waals surface area contributed by atoms with E-state index in [9.17, 15) is 4.79 Å². The second kappa shape index (κ2) is 7.48. The van der Waals surface area contributed by atoms with Crippen LogP contribution in [0.5, 0.6) is 5.75 Å². The maximum absolute atomic E-state index is 13.4. The van der Waals surface area contributed by atoms with Gasteiger partial charge in [0.15, 0.2) is 5.13 Å². The lowest BCUT2D eigenvalue weighted by Crippen LogP contribution is -2.30. The third kappa shape index (κ3) is 3.51. The topological polar surface area (TPSA) is 55.6 Å². The predicted molar refractivity (Wildman–Crippen MR) is 111 cm³/mol. The molecular weight excluding hydrogens is 372 g/mol. The molecule has 2 aromatic heterocycles. The van der Waals surface area contributed by atoms with Crippen molar-refractivity contribution in [3.8, 4) is 5.75 Å². The quantitative estimate of drug-likeness (QED) is 0.459. The van der Waals surface area contributed by atoms with Crippen molar-refractivity contribution in [2.24, 2.45) is 0 Å². The van der Waals surface area contributed by atoms with Crippen molar-refractivity contribution < 1.29 is 13.9 Å². The minimum Gasteiger partial charge on any atom is -0.497 e. The highest BCUT2D eigenvalue weighted by atomic mass is 32.1. The number of rotatable bonds is 5. The minimum absolute atomic E-state index is 0.121. The monoisotopic (exact) mass is 392 g/mol. The second-order valence-electron chi connectivity index (χ2n) is 6.53. The number of furan rings is 1. The molecule has 0 fully saturated rings. The molecule has 0 saturated heterocycles. The number of ether oxygens (including phenoxy) is 1. The number of hydrogen-bond donors (Lipinski definition) is 0. The number of carbonyl (C=O) groups excluding carboxylic acids is 1. The number of thiazole rings is 1. The molecule has 0 unspecified atom stereocenters. The number of amides is 1. The van der Waals surface area contributed by atoms with E-state index in [-0.39, 0.29) is 5.91 Å². The van der Waals surface area contributed by atoms with Crippen LogP contribution in [0.25, 0.3) is 10.2 Å². The van der Waals surface area contributed by atoms with Gasteiger partial charge in [-0.05, 0) is 43.7 Å². The summed E-state index contributed by atoms with van der Waals surface area (Å²) < 4.78 is 11.9. The molecule has 142 valence electrons. The molecule has 0 aliphatic heterocycles. The third-order valence-corrected chi connectivity index (χ3v) is 5.56. The zero-order chi connectivity index (χ0) is 19.7. The number of fused-ring (bicyclic) bond motifs is 1. The SMILES string of the molecule is COc1ccc2nc(N(Cc3ccccc3)C(=O)c3cc(C)oc3C)sc2c1. The summed E-state index contributed by atoms with van der Waals surface area (Å²) >= 11 is 1.47. The van der Waals surface area contributed by atoms with Crippen LogP contribution in [0.1, 0.15) is 27.4 Å². The molecule has 0 atom stereocenters. The Bertz CT molecular complexity index is 1130. The van der Waals surface area contributed by atoms with Gasteiger partial charge in [0.25, 0.3) is 5.91 Å². The van der Waals surface area contributed by atoms with Gasteiger partial charge in [-0.15, -0.1) is 0 Å². The van der Waals surface area contributed by atoms with E-state index in [1.807, 2.05) is 62.4 Å². The summed E-state index contributed by atoms with van der Waals surface area (Å²) in [5.41, 5.74) is 2.43. The highest BCUT2D eigenvalue weighted by molar-refractivity contribution is 7.22. The zero-order valence-electron chi connectivity index (χ0n) is 15.9. The Morgan fingerprint density at radius 1 is 1.14 bits per heavy atom. The van der Waals surface area contributed by atoms with E-state index < -0.39 is 0 Å². The molecule has 0 bridgehead atoms. The van der Waals surface area contributed by atoms with Gasteiger partial charge in [0.2, 0.25) is 0 Å². The normalized spacial score (nSPS) is 11.0. The summed E-state index contributed by atoms with van der Waals surface area (Å²) in [5, 5.41) is 0.648. The Balaban J connectivity index is 1.78. The van der Waals surface area contributed by atoms with Crippen LogP contribution in [0.2, 0.25) is 0 Å². The summed E-state index contributed by atoms with van der Waals surface area (Å²) in [6.07, 6.45) is 0. The predicted octanol–water partition coefficient (Wildman–Crippen LogP) is 5.36. The number of carbonyl (C=O) groups is 1. The number of methoxy groups -OCH3 is 1. The van der Waals surface area contributed by atoms with Crippen LogP contribution in [-0.4, -0.2) is 18.0 Å².